The highest BCUT2D eigenvalue weighted by Crippen LogP contribution is 2.21. The van der Waals surface area contributed by atoms with Gasteiger partial charge in [-0.05, 0) is 37.6 Å². The number of aryl methyl sites for hydroxylation is 1. The van der Waals surface area contributed by atoms with E-state index in [0.29, 0.717) is 0 Å². The molecule has 0 radical (unpaired) electrons. The number of para-hydroxylation sites is 1. The number of carbonyl (C=O) groups excluding carboxylic acids is 1. The first-order valence-electron chi connectivity index (χ1n) is 5.93. The molecule has 0 spiro atoms. The Hall–Kier alpha value is -2.30. The molecular weight excluding hydrogens is 267 g/mol. The van der Waals surface area contributed by atoms with E-state index in [1.807, 2.05) is 0 Å². The average Bonchev–Trinajstić information content (AvgIpc) is 2.43. The lowest BCUT2D eigenvalue weighted by molar-refractivity contribution is 0.102. The third kappa shape index (κ3) is 2.52. The summed E-state index contributed by atoms with van der Waals surface area (Å²) in [5.41, 5.74) is -0.127. The van der Waals surface area contributed by atoms with Crippen molar-refractivity contribution in [1.82, 2.24) is 0 Å². The minimum atomic E-state index is -1.07. The molecule has 0 atom stereocenters. The highest BCUT2D eigenvalue weighted by Gasteiger charge is 2.18. The monoisotopic (exact) mass is 279 g/mol. The van der Waals surface area contributed by atoms with Gasteiger partial charge >= 0.3 is 0 Å². The van der Waals surface area contributed by atoms with Crippen LogP contribution in [0.2, 0.25) is 0 Å². The summed E-state index contributed by atoms with van der Waals surface area (Å²) < 4.78 is 40.4. The van der Waals surface area contributed by atoms with Gasteiger partial charge in [-0.3, -0.25) is 4.79 Å². The molecule has 0 fully saturated rings. The highest BCUT2D eigenvalue weighted by atomic mass is 19.2. The maximum Gasteiger partial charge on any atom is 0.256 e. The lowest BCUT2D eigenvalue weighted by atomic mass is 10.0. The van der Waals surface area contributed by atoms with Crippen LogP contribution in [0.15, 0.2) is 30.3 Å². The van der Waals surface area contributed by atoms with Crippen LogP contribution in [-0.2, 0) is 0 Å². The number of nitrogens with one attached hydrogen (secondary N) is 1. The van der Waals surface area contributed by atoms with E-state index in [1.165, 1.54) is 38.1 Å². The second kappa shape index (κ2) is 5.36. The third-order valence-electron chi connectivity index (χ3n) is 3.00. The van der Waals surface area contributed by atoms with Crippen LogP contribution in [0.5, 0.6) is 0 Å². The van der Waals surface area contributed by atoms with Gasteiger partial charge < -0.3 is 5.32 Å². The summed E-state index contributed by atoms with van der Waals surface area (Å²) in [4.78, 5) is 12.0. The first-order chi connectivity index (χ1) is 9.41. The fraction of sp³-hybridized carbons (Fsp3) is 0.133. The minimum Gasteiger partial charge on any atom is -0.319 e. The molecule has 0 bridgehead atoms. The van der Waals surface area contributed by atoms with E-state index >= 15 is 0 Å². The van der Waals surface area contributed by atoms with Crippen LogP contribution in [0.1, 0.15) is 21.5 Å². The van der Waals surface area contributed by atoms with Crippen molar-refractivity contribution in [2.75, 3.05) is 5.32 Å². The van der Waals surface area contributed by atoms with Crippen molar-refractivity contribution in [3.05, 3.63) is 64.5 Å². The largest absolute Gasteiger partial charge is 0.319 e. The Morgan fingerprint density at radius 1 is 1.05 bits per heavy atom. The van der Waals surface area contributed by atoms with Crippen LogP contribution in [0.25, 0.3) is 0 Å². The molecule has 20 heavy (non-hydrogen) atoms. The number of benzene rings is 2. The number of hydrogen-bond acceptors (Lipinski definition) is 1. The SMILES string of the molecule is Cc1cc(C(=O)Nc2ccccc2F)c(C)c(F)c1F. The molecule has 0 saturated heterocycles. The van der Waals surface area contributed by atoms with Crippen molar-refractivity contribution in [3.8, 4) is 0 Å². The molecule has 0 heterocycles. The van der Waals surface area contributed by atoms with E-state index in [4.69, 9.17) is 0 Å². The quantitative estimate of drug-likeness (QED) is 0.885. The standard InChI is InChI=1S/C15H12F3NO/c1-8-7-10(9(2)14(18)13(8)17)15(20)19-12-6-4-3-5-11(12)16/h3-7H,1-2H3,(H,19,20). The number of rotatable bonds is 2. The average molecular weight is 279 g/mol. The molecule has 0 saturated carbocycles. The Kier molecular flexibility index (Phi) is 3.79. The van der Waals surface area contributed by atoms with Gasteiger partial charge in [0.1, 0.15) is 5.82 Å². The Morgan fingerprint density at radius 3 is 2.35 bits per heavy atom. The lowest BCUT2D eigenvalue weighted by Crippen LogP contribution is -2.16. The predicted octanol–water partition coefficient (Wildman–Crippen LogP) is 3.97. The van der Waals surface area contributed by atoms with Gasteiger partial charge in [0.05, 0.1) is 5.69 Å². The number of hydrogen-bond donors (Lipinski definition) is 1. The highest BCUT2D eigenvalue weighted by molar-refractivity contribution is 6.05. The molecular formula is C15H12F3NO. The maximum atomic E-state index is 13.6. The first kappa shape index (κ1) is 14.1. The lowest BCUT2D eigenvalue weighted by Gasteiger charge is -2.11. The summed E-state index contributed by atoms with van der Waals surface area (Å²) in [5, 5.41) is 2.34. The first-order valence-corrected chi connectivity index (χ1v) is 5.93. The van der Waals surface area contributed by atoms with Crippen LogP contribution in [0, 0.1) is 31.3 Å². The zero-order valence-corrected chi connectivity index (χ0v) is 10.9. The molecule has 1 amide bonds. The maximum absolute atomic E-state index is 13.6. The molecule has 2 aromatic carbocycles. The van der Waals surface area contributed by atoms with Crippen molar-refractivity contribution in [1.29, 1.82) is 0 Å². The van der Waals surface area contributed by atoms with E-state index in [2.05, 4.69) is 5.32 Å². The summed E-state index contributed by atoms with van der Waals surface area (Å²) in [7, 11) is 0. The van der Waals surface area contributed by atoms with Crippen LogP contribution < -0.4 is 5.32 Å². The topological polar surface area (TPSA) is 29.1 Å². The molecule has 2 aromatic rings. The van der Waals surface area contributed by atoms with Crippen molar-refractivity contribution in [2.24, 2.45) is 0 Å². The van der Waals surface area contributed by atoms with Crippen molar-refractivity contribution < 1.29 is 18.0 Å². The van der Waals surface area contributed by atoms with Gasteiger partial charge in [0.25, 0.3) is 5.91 Å². The van der Waals surface area contributed by atoms with E-state index in [-0.39, 0.29) is 22.4 Å². The van der Waals surface area contributed by atoms with Crippen LogP contribution in [0.4, 0.5) is 18.9 Å². The third-order valence-corrected chi connectivity index (χ3v) is 3.00. The van der Waals surface area contributed by atoms with Crippen molar-refractivity contribution >= 4 is 11.6 Å². The van der Waals surface area contributed by atoms with Gasteiger partial charge in [0, 0.05) is 11.1 Å². The second-order valence-corrected chi connectivity index (χ2v) is 4.43. The molecule has 2 rings (SSSR count). The molecule has 104 valence electrons. The van der Waals surface area contributed by atoms with Gasteiger partial charge in [-0.2, -0.15) is 0 Å². The smallest absolute Gasteiger partial charge is 0.256 e. The molecule has 0 aliphatic heterocycles. The molecule has 5 heteroatoms. The summed E-state index contributed by atoms with van der Waals surface area (Å²) in [6.45, 7) is 2.66. The van der Waals surface area contributed by atoms with Crippen molar-refractivity contribution in [3.63, 3.8) is 0 Å². The van der Waals surface area contributed by atoms with E-state index in [0.717, 1.165) is 0 Å². The minimum absolute atomic E-state index is 0.0145. The second-order valence-electron chi connectivity index (χ2n) is 4.43. The summed E-state index contributed by atoms with van der Waals surface area (Å²) in [5.74, 6) is -3.33. The van der Waals surface area contributed by atoms with E-state index in [9.17, 15) is 18.0 Å². The Labute approximate surface area is 114 Å². The van der Waals surface area contributed by atoms with Gasteiger partial charge in [-0.15, -0.1) is 0 Å². The number of halogens is 3. The van der Waals surface area contributed by atoms with Gasteiger partial charge in [-0.25, -0.2) is 13.2 Å². The fourth-order valence-corrected chi connectivity index (χ4v) is 1.83. The van der Waals surface area contributed by atoms with Crippen LogP contribution in [0.3, 0.4) is 0 Å². The number of amides is 1. The summed E-state index contributed by atoms with van der Waals surface area (Å²) in [6.07, 6.45) is 0. The van der Waals surface area contributed by atoms with Crippen LogP contribution >= 0.6 is 0 Å². The predicted molar refractivity (Wildman–Crippen MR) is 70.2 cm³/mol. The van der Waals surface area contributed by atoms with Gasteiger partial charge in [0.2, 0.25) is 0 Å². The molecule has 1 N–H and O–H groups in total. The van der Waals surface area contributed by atoms with E-state index < -0.39 is 23.4 Å². The van der Waals surface area contributed by atoms with Gasteiger partial charge in [-0.1, -0.05) is 12.1 Å². The molecule has 0 aromatic heterocycles. The molecule has 0 aliphatic carbocycles. The van der Waals surface area contributed by atoms with E-state index in [1.54, 1.807) is 6.07 Å². The zero-order valence-electron chi connectivity index (χ0n) is 10.9. The normalized spacial score (nSPS) is 10.4. The summed E-state index contributed by atoms with van der Waals surface area (Å²) in [6, 6.07) is 6.86. The Morgan fingerprint density at radius 2 is 1.70 bits per heavy atom. The zero-order chi connectivity index (χ0) is 14.9. The van der Waals surface area contributed by atoms with Gasteiger partial charge in [0.15, 0.2) is 11.6 Å². The molecule has 0 unspecified atom stereocenters. The van der Waals surface area contributed by atoms with Crippen LogP contribution in [-0.4, -0.2) is 5.91 Å². The Bertz CT molecular complexity index is 683. The molecule has 2 nitrogen and oxygen atoms in total. The molecule has 0 aliphatic rings. The number of carbonyl (C=O) groups is 1. The Balaban J connectivity index is 2.38. The number of anilines is 1. The van der Waals surface area contributed by atoms with Crippen molar-refractivity contribution in [2.45, 2.75) is 13.8 Å². The summed E-state index contributed by atoms with van der Waals surface area (Å²) >= 11 is 0. The fourth-order valence-electron chi connectivity index (χ4n) is 1.83.